The van der Waals surface area contributed by atoms with Crippen LogP contribution in [0.5, 0.6) is 0 Å². The molecular weight excluding hydrogens is 248 g/mol. The Hall–Kier alpha value is -0.950. The molecule has 0 unspecified atom stereocenters. The van der Waals surface area contributed by atoms with Crippen LogP contribution < -0.4 is 0 Å². The highest BCUT2D eigenvalue weighted by atomic mass is 79.9. The van der Waals surface area contributed by atoms with Crippen LogP contribution in [-0.4, -0.2) is 16.3 Å². The molecule has 0 aromatic carbocycles. The second-order valence-corrected chi connectivity index (χ2v) is 4.22. The predicted octanol–water partition coefficient (Wildman–Crippen LogP) is 2.23. The van der Waals surface area contributed by atoms with Crippen molar-refractivity contribution in [2.45, 2.75) is 0 Å². The third kappa shape index (κ3) is 1.80. The number of hydrogen-bond acceptors (Lipinski definition) is 5. The summed E-state index contributed by atoms with van der Waals surface area (Å²) in [6.07, 6.45) is 1.03. The Kier molecular flexibility index (Phi) is 2.77. The van der Waals surface area contributed by atoms with Crippen LogP contribution in [0.15, 0.2) is 15.0 Å². The van der Waals surface area contributed by atoms with Crippen molar-refractivity contribution >= 4 is 38.5 Å². The second kappa shape index (κ2) is 3.63. The van der Waals surface area contributed by atoms with E-state index in [4.69, 9.17) is 5.21 Å². The summed E-state index contributed by atoms with van der Waals surface area (Å²) in [6.45, 7) is 0. The van der Waals surface area contributed by atoms with Crippen LogP contribution in [0.2, 0.25) is 0 Å². The van der Waals surface area contributed by atoms with Gasteiger partial charge >= 0.3 is 5.00 Å². The zero-order valence-corrected chi connectivity index (χ0v) is 8.00. The third-order valence-corrected chi connectivity index (χ3v) is 2.68. The van der Waals surface area contributed by atoms with Gasteiger partial charge in [-0.25, -0.2) is 0 Å². The summed E-state index contributed by atoms with van der Waals surface area (Å²) in [6, 6.07) is 1.52. The minimum absolute atomic E-state index is 0.0420. The maximum absolute atomic E-state index is 10.4. The fraction of sp³-hybridized carbons (Fsp3) is 0. The Bertz CT molecular complexity index is 335. The van der Waals surface area contributed by atoms with Gasteiger partial charge in [0.25, 0.3) is 0 Å². The number of oxime groups is 1. The van der Waals surface area contributed by atoms with Gasteiger partial charge in [0.2, 0.25) is 0 Å². The van der Waals surface area contributed by atoms with Gasteiger partial charge in [-0.15, -0.1) is 0 Å². The molecule has 64 valence electrons. The van der Waals surface area contributed by atoms with Crippen molar-refractivity contribution in [1.29, 1.82) is 0 Å². The summed E-state index contributed by atoms with van der Waals surface area (Å²) < 4.78 is 0.629. The molecule has 0 atom stereocenters. The van der Waals surface area contributed by atoms with Crippen LogP contribution in [0.25, 0.3) is 0 Å². The summed E-state index contributed by atoms with van der Waals surface area (Å²) in [7, 11) is 0. The highest BCUT2D eigenvalue weighted by Gasteiger charge is 2.16. The van der Waals surface area contributed by atoms with Crippen molar-refractivity contribution in [3.05, 3.63) is 25.5 Å². The van der Waals surface area contributed by atoms with E-state index in [9.17, 15) is 10.1 Å². The lowest BCUT2D eigenvalue weighted by molar-refractivity contribution is -0.380. The lowest BCUT2D eigenvalue weighted by Crippen LogP contribution is -1.88. The van der Waals surface area contributed by atoms with Gasteiger partial charge in [-0.2, -0.15) is 0 Å². The van der Waals surface area contributed by atoms with Gasteiger partial charge in [-0.05, 0) is 22.0 Å². The highest BCUT2D eigenvalue weighted by Crippen LogP contribution is 2.32. The van der Waals surface area contributed by atoms with Gasteiger partial charge < -0.3 is 5.21 Å². The first-order valence-corrected chi connectivity index (χ1v) is 4.37. The number of rotatable bonds is 2. The average Bonchev–Trinajstić information content (AvgIpc) is 2.32. The monoisotopic (exact) mass is 250 g/mol. The van der Waals surface area contributed by atoms with Gasteiger partial charge in [-0.3, -0.25) is 10.1 Å². The van der Waals surface area contributed by atoms with Gasteiger partial charge in [-0.1, -0.05) is 16.5 Å². The first-order chi connectivity index (χ1) is 5.65. The van der Waals surface area contributed by atoms with Crippen molar-refractivity contribution in [2.24, 2.45) is 5.16 Å². The second-order valence-electron chi connectivity index (χ2n) is 1.81. The Morgan fingerprint density at radius 3 is 3.00 bits per heavy atom. The zero-order valence-electron chi connectivity index (χ0n) is 5.60. The maximum atomic E-state index is 10.4. The highest BCUT2D eigenvalue weighted by molar-refractivity contribution is 9.11. The van der Waals surface area contributed by atoms with Gasteiger partial charge in [0.1, 0.15) is 0 Å². The minimum atomic E-state index is -0.521. The molecular formula is C5H3BrN2O3S. The largest absolute Gasteiger partial charge is 0.411 e. The van der Waals surface area contributed by atoms with Crippen LogP contribution in [0.3, 0.4) is 0 Å². The van der Waals surface area contributed by atoms with Crippen molar-refractivity contribution < 1.29 is 10.1 Å². The molecule has 1 heterocycles. The van der Waals surface area contributed by atoms with E-state index in [0.717, 1.165) is 17.6 Å². The van der Waals surface area contributed by atoms with Crippen molar-refractivity contribution in [2.75, 3.05) is 0 Å². The standard InChI is InChI=1S/C5H3BrN2O3S/c6-4-1-3(2-7-9)5(12-4)8(10)11/h1-2,9H/b7-2+. The predicted molar refractivity (Wildman–Crippen MR) is 48.1 cm³/mol. The molecule has 1 aromatic heterocycles. The smallest absolute Gasteiger partial charge is 0.334 e. The van der Waals surface area contributed by atoms with Crippen LogP contribution in [-0.2, 0) is 0 Å². The molecule has 0 aliphatic carbocycles. The maximum Gasteiger partial charge on any atom is 0.334 e. The molecule has 0 saturated heterocycles. The molecule has 0 amide bonds. The third-order valence-electron chi connectivity index (χ3n) is 1.07. The first kappa shape index (κ1) is 9.14. The molecule has 0 radical (unpaired) electrons. The molecule has 1 N–H and O–H groups in total. The van der Waals surface area contributed by atoms with E-state index in [1.54, 1.807) is 0 Å². The SMILES string of the molecule is O=[N+]([O-])c1sc(Br)cc1/C=N/O. The quantitative estimate of drug-likeness (QED) is 0.379. The minimum Gasteiger partial charge on any atom is -0.411 e. The molecule has 0 aliphatic heterocycles. The van der Waals surface area contributed by atoms with Crippen molar-refractivity contribution in [3.63, 3.8) is 0 Å². The van der Waals surface area contributed by atoms with Crippen molar-refractivity contribution in [3.8, 4) is 0 Å². The van der Waals surface area contributed by atoms with E-state index in [-0.39, 0.29) is 5.00 Å². The Balaban J connectivity index is 3.17. The number of halogens is 1. The van der Waals surface area contributed by atoms with Gasteiger partial charge in [0.05, 0.1) is 20.5 Å². The normalized spacial score (nSPS) is 10.8. The molecule has 12 heavy (non-hydrogen) atoms. The van der Waals surface area contributed by atoms with E-state index in [0.29, 0.717) is 9.35 Å². The van der Waals surface area contributed by atoms with E-state index >= 15 is 0 Å². The zero-order chi connectivity index (χ0) is 9.14. The summed E-state index contributed by atoms with van der Waals surface area (Å²) in [4.78, 5) is 9.84. The molecule has 5 nitrogen and oxygen atoms in total. The average molecular weight is 251 g/mol. The molecule has 7 heteroatoms. The van der Waals surface area contributed by atoms with E-state index in [2.05, 4.69) is 21.1 Å². The number of hydrogen-bond donors (Lipinski definition) is 1. The molecule has 1 aromatic rings. The number of nitrogens with zero attached hydrogens (tertiary/aromatic N) is 2. The topological polar surface area (TPSA) is 75.7 Å². The Morgan fingerprint density at radius 1 is 1.83 bits per heavy atom. The van der Waals surface area contributed by atoms with Crippen LogP contribution in [0, 0.1) is 10.1 Å². The summed E-state index contributed by atoms with van der Waals surface area (Å²) in [5.41, 5.74) is 0.291. The molecule has 0 spiro atoms. The Labute approximate surface area is 79.6 Å². The molecule has 0 bridgehead atoms. The van der Waals surface area contributed by atoms with Crippen LogP contribution in [0.4, 0.5) is 5.00 Å². The first-order valence-electron chi connectivity index (χ1n) is 2.76. The fourth-order valence-corrected chi connectivity index (χ4v) is 2.04. The van der Waals surface area contributed by atoms with Crippen LogP contribution in [0.1, 0.15) is 5.56 Å². The molecule has 0 aliphatic rings. The summed E-state index contributed by atoms with van der Waals surface area (Å²) >= 11 is 4.07. The van der Waals surface area contributed by atoms with Gasteiger partial charge in [0.15, 0.2) is 0 Å². The van der Waals surface area contributed by atoms with Crippen LogP contribution >= 0.6 is 27.3 Å². The lowest BCUT2D eigenvalue weighted by atomic mass is 10.3. The lowest BCUT2D eigenvalue weighted by Gasteiger charge is -1.84. The fourth-order valence-electron chi connectivity index (χ4n) is 0.662. The van der Waals surface area contributed by atoms with Gasteiger partial charge in [0, 0.05) is 0 Å². The van der Waals surface area contributed by atoms with E-state index in [1.165, 1.54) is 6.07 Å². The summed E-state index contributed by atoms with van der Waals surface area (Å²) in [5.74, 6) is 0. The Morgan fingerprint density at radius 2 is 2.50 bits per heavy atom. The van der Waals surface area contributed by atoms with E-state index in [1.807, 2.05) is 0 Å². The van der Waals surface area contributed by atoms with E-state index < -0.39 is 4.92 Å². The summed E-state index contributed by atoms with van der Waals surface area (Å²) in [5, 5.41) is 21.2. The number of nitro groups is 1. The molecule has 0 saturated carbocycles. The van der Waals surface area contributed by atoms with Crippen molar-refractivity contribution in [1.82, 2.24) is 0 Å². The number of thiophene rings is 1. The molecule has 0 fully saturated rings. The molecule has 1 rings (SSSR count).